The number of pyridine rings is 1. The van der Waals surface area contributed by atoms with Crippen LogP contribution in [0.2, 0.25) is 0 Å². The molecule has 21 heavy (non-hydrogen) atoms. The summed E-state index contributed by atoms with van der Waals surface area (Å²) in [4.78, 5) is 4.03. The number of hydrogen-bond acceptors (Lipinski definition) is 4. The minimum atomic E-state index is -0.368. The highest BCUT2D eigenvalue weighted by Crippen LogP contribution is 2.23. The molecule has 0 radical (unpaired) electrons. The Morgan fingerprint density at radius 2 is 2.19 bits per heavy atom. The molecule has 0 aliphatic rings. The third kappa shape index (κ3) is 4.53. The van der Waals surface area contributed by atoms with Crippen molar-refractivity contribution in [3.8, 4) is 11.6 Å². The minimum absolute atomic E-state index is 0.368. The van der Waals surface area contributed by atoms with Crippen LogP contribution in [0.25, 0.3) is 0 Å². The van der Waals surface area contributed by atoms with Crippen molar-refractivity contribution in [3.63, 3.8) is 0 Å². The van der Waals surface area contributed by atoms with Gasteiger partial charge in [-0.25, -0.2) is 9.37 Å². The maximum atomic E-state index is 13.4. The molecule has 114 valence electrons. The number of aryl methyl sites for hydroxylation is 1. The average Bonchev–Trinajstić information content (AvgIpc) is 2.89. The van der Waals surface area contributed by atoms with E-state index in [0.29, 0.717) is 29.7 Å². The summed E-state index contributed by atoms with van der Waals surface area (Å²) < 4.78 is 20.8. The third-order valence-corrected chi connectivity index (χ3v) is 2.91. The van der Waals surface area contributed by atoms with Crippen molar-refractivity contribution in [3.05, 3.63) is 36.0 Å². The van der Waals surface area contributed by atoms with Crippen LogP contribution in [0.3, 0.4) is 0 Å². The number of nitrogens with zero attached hydrogens (tertiary/aromatic N) is 3. The molecule has 6 heteroatoms. The summed E-state index contributed by atoms with van der Waals surface area (Å²) in [5.41, 5.74) is 0.694. The molecule has 0 aliphatic carbocycles. The zero-order valence-electron chi connectivity index (χ0n) is 12.6. The highest BCUT2D eigenvalue weighted by atomic mass is 19.1. The van der Waals surface area contributed by atoms with Gasteiger partial charge in [0, 0.05) is 18.7 Å². The van der Waals surface area contributed by atoms with Gasteiger partial charge in [0.2, 0.25) is 5.88 Å². The Hall–Kier alpha value is -1.95. The summed E-state index contributed by atoms with van der Waals surface area (Å²) in [6, 6.07) is 1.44. The normalized spacial score (nSPS) is 11.1. The Labute approximate surface area is 124 Å². The van der Waals surface area contributed by atoms with E-state index in [-0.39, 0.29) is 5.82 Å². The molecular formula is C15H21FN4O. The zero-order valence-corrected chi connectivity index (χ0v) is 12.6. The average molecular weight is 292 g/mol. The summed E-state index contributed by atoms with van der Waals surface area (Å²) in [6.07, 6.45) is 4.57. The van der Waals surface area contributed by atoms with E-state index in [0.717, 1.165) is 19.3 Å². The molecule has 2 aromatic heterocycles. The highest BCUT2D eigenvalue weighted by Gasteiger charge is 2.10. The molecule has 2 rings (SSSR count). The molecule has 0 bridgehead atoms. The van der Waals surface area contributed by atoms with Gasteiger partial charge in [0.25, 0.3) is 0 Å². The maximum Gasteiger partial charge on any atom is 0.224 e. The Bertz CT molecular complexity index is 583. The van der Waals surface area contributed by atoms with Gasteiger partial charge in [-0.2, -0.15) is 5.10 Å². The summed E-state index contributed by atoms with van der Waals surface area (Å²) in [5, 5.41) is 7.40. The quantitative estimate of drug-likeness (QED) is 0.852. The number of halogens is 1. The lowest BCUT2D eigenvalue weighted by Crippen LogP contribution is -2.19. The molecular weight excluding hydrogens is 271 g/mol. The second kappa shape index (κ2) is 7.17. The summed E-state index contributed by atoms with van der Waals surface area (Å²) in [6.45, 7) is 8.36. The first-order valence-electron chi connectivity index (χ1n) is 7.14. The Morgan fingerprint density at radius 3 is 2.86 bits per heavy atom. The fourth-order valence-electron chi connectivity index (χ4n) is 1.86. The van der Waals surface area contributed by atoms with Crippen LogP contribution in [0.5, 0.6) is 11.6 Å². The van der Waals surface area contributed by atoms with Crippen molar-refractivity contribution in [1.82, 2.24) is 20.1 Å². The van der Waals surface area contributed by atoms with Crippen LogP contribution >= 0.6 is 0 Å². The highest BCUT2D eigenvalue weighted by molar-refractivity contribution is 5.30. The smallest absolute Gasteiger partial charge is 0.224 e. The molecule has 0 unspecified atom stereocenters. The summed E-state index contributed by atoms with van der Waals surface area (Å²) >= 11 is 0. The molecule has 0 aliphatic heterocycles. The van der Waals surface area contributed by atoms with Crippen molar-refractivity contribution >= 4 is 0 Å². The molecule has 5 nitrogen and oxygen atoms in total. The van der Waals surface area contributed by atoms with Crippen molar-refractivity contribution in [2.75, 3.05) is 6.54 Å². The van der Waals surface area contributed by atoms with Gasteiger partial charge < -0.3 is 10.1 Å². The van der Waals surface area contributed by atoms with E-state index in [1.165, 1.54) is 6.07 Å². The second-order valence-electron chi connectivity index (χ2n) is 5.28. The standard InChI is InChI=1S/C15H21FN4O/c1-4-20-10-14(9-19-20)21-15-12(5-13(16)8-18-15)7-17-6-11(2)3/h5,8-11,17H,4,6-7H2,1-3H3. The van der Waals surface area contributed by atoms with Crippen LogP contribution < -0.4 is 10.1 Å². The van der Waals surface area contributed by atoms with Crippen LogP contribution in [-0.4, -0.2) is 21.3 Å². The molecule has 0 saturated carbocycles. The monoisotopic (exact) mass is 292 g/mol. The number of nitrogens with one attached hydrogen (secondary N) is 1. The van der Waals surface area contributed by atoms with Gasteiger partial charge in [-0.05, 0) is 25.5 Å². The molecule has 2 heterocycles. The molecule has 0 spiro atoms. The Morgan fingerprint density at radius 1 is 1.38 bits per heavy atom. The zero-order chi connectivity index (χ0) is 15.2. The van der Waals surface area contributed by atoms with E-state index in [2.05, 4.69) is 29.2 Å². The van der Waals surface area contributed by atoms with Gasteiger partial charge in [0.15, 0.2) is 5.75 Å². The van der Waals surface area contributed by atoms with Gasteiger partial charge in [-0.1, -0.05) is 13.8 Å². The van der Waals surface area contributed by atoms with E-state index in [1.807, 2.05) is 6.92 Å². The molecule has 2 aromatic rings. The van der Waals surface area contributed by atoms with Gasteiger partial charge >= 0.3 is 0 Å². The predicted octanol–water partition coefficient (Wildman–Crippen LogP) is 2.98. The van der Waals surface area contributed by atoms with Gasteiger partial charge in [-0.3, -0.25) is 4.68 Å². The molecule has 0 amide bonds. The Balaban J connectivity index is 2.10. The van der Waals surface area contributed by atoms with Crippen LogP contribution in [0.4, 0.5) is 4.39 Å². The predicted molar refractivity (Wildman–Crippen MR) is 78.7 cm³/mol. The van der Waals surface area contributed by atoms with E-state index in [1.54, 1.807) is 17.1 Å². The van der Waals surface area contributed by atoms with Crippen molar-refractivity contribution in [2.24, 2.45) is 5.92 Å². The lowest BCUT2D eigenvalue weighted by molar-refractivity contribution is 0.445. The molecule has 0 atom stereocenters. The SMILES string of the molecule is CCn1cc(Oc2ncc(F)cc2CNCC(C)C)cn1. The van der Waals surface area contributed by atoms with Crippen molar-refractivity contribution in [2.45, 2.75) is 33.9 Å². The van der Waals surface area contributed by atoms with Crippen molar-refractivity contribution < 1.29 is 9.13 Å². The second-order valence-corrected chi connectivity index (χ2v) is 5.28. The first-order valence-corrected chi connectivity index (χ1v) is 7.14. The number of rotatable bonds is 7. The maximum absolute atomic E-state index is 13.4. The number of aromatic nitrogens is 3. The molecule has 0 fully saturated rings. The topological polar surface area (TPSA) is 52.0 Å². The summed E-state index contributed by atoms with van der Waals surface area (Å²) in [7, 11) is 0. The van der Waals surface area contributed by atoms with Crippen LogP contribution in [-0.2, 0) is 13.1 Å². The molecule has 0 aromatic carbocycles. The summed E-state index contributed by atoms with van der Waals surface area (Å²) in [5.74, 6) is 1.16. The largest absolute Gasteiger partial charge is 0.435 e. The van der Waals surface area contributed by atoms with Crippen molar-refractivity contribution in [1.29, 1.82) is 0 Å². The molecule has 0 saturated heterocycles. The van der Waals surface area contributed by atoms with E-state index < -0.39 is 0 Å². The van der Waals surface area contributed by atoms with Crippen LogP contribution in [0, 0.1) is 11.7 Å². The fourth-order valence-corrected chi connectivity index (χ4v) is 1.86. The van der Waals surface area contributed by atoms with Crippen LogP contribution in [0.15, 0.2) is 24.7 Å². The van der Waals surface area contributed by atoms with Crippen LogP contribution in [0.1, 0.15) is 26.3 Å². The van der Waals surface area contributed by atoms with Gasteiger partial charge in [0.05, 0.1) is 18.6 Å². The van der Waals surface area contributed by atoms with Gasteiger partial charge in [-0.15, -0.1) is 0 Å². The Kier molecular flexibility index (Phi) is 5.27. The minimum Gasteiger partial charge on any atom is -0.435 e. The number of hydrogen-bond donors (Lipinski definition) is 1. The van der Waals surface area contributed by atoms with Gasteiger partial charge in [0.1, 0.15) is 5.82 Å². The number of ether oxygens (including phenoxy) is 1. The van der Waals surface area contributed by atoms with E-state index >= 15 is 0 Å². The van der Waals surface area contributed by atoms with E-state index in [4.69, 9.17) is 4.74 Å². The van der Waals surface area contributed by atoms with E-state index in [9.17, 15) is 4.39 Å². The first-order chi connectivity index (χ1) is 10.1. The lowest BCUT2D eigenvalue weighted by Gasteiger charge is -2.11. The fraction of sp³-hybridized carbons (Fsp3) is 0.467. The lowest BCUT2D eigenvalue weighted by atomic mass is 10.2. The molecule has 1 N–H and O–H groups in total. The first kappa shape index (κ1) is 15.4. The third-order valence-electron chi connectivity index (χ3n) is 2.91.